The highest BCUT2D eigenvalue weighted by molar-refractivity contribution is 6.92. The summed E-state index contributed by atoms with van der Waals surface area (Å²) in [5.41, 5.74) is 0.205. The Bertz CT molecular complexity index is 310. The van der Waals surface area contributed by atoms with Crippen molar-refractivity contribution in [3.8, 4) is 5.75 Å². The fraction of sp³-hybridized carbons (Fsp3) is 0.300. The molecule has 0 aliphatic carbocycles. The zero-order chi connectivity index (χ0) is 9.84. The van der Waals surface area contributed by atoms with Crippen LogP contribution in [0.5, 0.6) is 5.75 Å². The van der Waals surface area contributed by atoms with Crippen molar-refractivity contribution in [2.24, 2.45) is 0 Å². The third kappa shape index (κ3) is 3.35. The molecule has 78 valence electrons. The Kier molecular flexibility index (Phi) is 5.18. The molecule has 1 unspecified atom stereocenters. The lowest BCUT2D eigenvalue weighted by Gasteiger charge is -2.08. The zero-order valence-electron chi connectivity index (χ0n) is 8.36. The number of hydrogen-bond acceptors (Lipinski definition) is 3. The molecule has 0 aromatic heterocycles. The number of hydrogen-bond donors (Lipinski definition) is 1. The summed E-state index contributed by atoms with van der Waals surface area (Å²) in [6.07, 6.45) is -0.174. The van der Waals surface area contributed by atoms with Crippen LogP contribution < -0.4 is 0 Å². The number of carbonyl (C=O) groups is 1. The van der Waals surface area contributed by atoms with E-state index in [2.05, 4.69) is 0 Å². The summed E-state index contributed by atoms with van der Waals surface area (Å²) in [5, 5.41) is 9.29. The monoisotopic (exact) mass is 214 g/mol. The van der Waals surface area contributed by atoms with E-state index in [-0.39, 0.29) is 27.3 Å². The maximum Gasteiger partial charge on any atom is 0.342 e. The standard InChI is InChI=1S/C10H12O3.H3P/c1-7(2)13-10(12)8-5-3-4-6-9(8)11;/h3-7,11H,1-2H3;1H3. The molecule has 0 aliphatic heterocycles. The number of aromatic hydroxyl groups is 1. The smallest absolute Gasteiger partial charge is 0.342 e. The van der Waals surface area contributed by atoms with Crippen LogP contribution in [-0.2, 0) is 4.74 Å². The van der Waals surface area contributed by atoms with Crippen molar-refractivity contribution in [3.63, 3.8) is 0 Å². The van der Waals surface area contributed by atoms with Crippen molar-refractivity contribution in [2.45, 2.75) is 20.0 Å². The molecule has 0 saturated carbocycles. The van der Waals surface area contributed by atoms with Gasteiger partial charge in [0.25, 0.3) is 0 Å². The molecule has 0 spiro atoms. The number of phenolic OH excluding ortho intramolecular Hbond substituents is 1. The third-order valence-corrected chi connectivity index (χ3v) is 1.47. The summed E-state index contributed by atoms with van der Waals surface area (Å²) >= 11 is 0. The molecule has 1 aromatic rings. The van der Waals surface area contributed by atoms with Gasteiger partial charge in [-0.25, -0.2) is 4.79 Å². The molecule has 1 atom stereocenters. The quantitative estimate of drug-likeness (QED) is 0.605. The molecule has 4 heteroatoms. The van der Waals surface area contributed by atoms with E-state index in [1.807, 2.05) is 0 Å². The van der Waals surface area contributed by atoms with E-state index in [0.29, 0.717) is 0 Å². The number of phenols is 1. The minimum absolute atomic E-state index is 0. The van der Waals surface area contributed by atoms with Gasteiger partial charge in [0.2, 0.25) is 0 Å². The van der Waals surface area contributed by atoms with E-state index in [4.69, 9.17) is 4.74 Å². The summed E-state index contributed by atoms with van der Waals surface area (Å²) in [6.45, 7) is 3.52. The molecule has 0 heterocycles. The second kappa shape index (κ2) is 5.61. The molecular weight excluding hydrogens is 199 g/mol. The Labute approximate surface area is 86.7 Å². The SMILES string of the molecule is CC(C)OC(=O)c1ccccc1O.P. The summed E-state index contributed by atoms with van der Waals surface area (Å²) in [4.78, 5) is 11.3. The van der Waals surface area contributed by atoms with Gasteiger partial charge in [-0.3, -0.25) is 0 Å². The van der Waals surface area contributed by atoms with Gasteiger partial charge in [0.15, 0.2) is 0 Å². The number of para-hydroxylation sites is 1. The minimum atomic E-state index is -0.492. The third-order valence-electron chi connectivity index (χ3n) is 1.47. The average molecular weight is 214 g/mol. The number of rotatable bonds is 2. The van der Waals surface area contributed by atoms with Gasteiger partial charge in [-0.05, 0) is 26.0 Å². The lowest BCUT2D eigenvalue weighted by molar-refractivity contribution is 0.0375. The lowest BCUT2D eigenvalue weighted by atomic mass is 10.2. The maximum atomic E-state index is 11.3. The Hall–Kier alpha value is -1.08. The van der Waals surface area contributed by atoms with E-state index in [1.165, 1.54) is 12.1 Å². The Morgan fingerprint density at radius 3 is 2.43 bits per heavy atom. The lowest BCUT2D eigenvalue weighted by Crippen LogP contribution is -2.11. The first-order valence-electron chi connectivity index (χ1n) is 4.10. The highest BCUT2D eigenvalue weighted by atomic mass is 31.0. The normalized spacial score (nSPS) is 9.36. The first-order chi connectivity index (χ1) is 6.11. The van der Waals surface area contributed by atoms with Crippen LogP contribution >= 0.6 is 9.90 Å². The van der Waals surface area contributed by atoms with Crippen LogP contribution in [0, 0.1) is 0 Å². The van der Waals surface area contributed by atoms with Gasteiger partial charge in [-0.1, -0.05) is 12.1 Å². The van der Waals surface area contributed by atoms with E-state index < -0.39 is 5.97 Å². The largest absolute Gasteiger partial charge is 0.507 e. The minimum Gasteiger partial charge on any atom is -0.507 e. The molecule has 0 saturated heterocycles. The molecule has 0 radical (unpaired) electrons. The van der Waals surface area contributed by atoms with Gasteiger partial charge in [0, 0.05) is 0 Å². The Morgan fingerprint density at radius 1 is 1.36 bits per heavy atom. The van der Waals surface area contributed by atoms with Crippen molar-refractivity contribution >= 4 is 15.9 Å². The van der Waals surface area contributed by atoms with Crippen LogP contribution in [-0.4, -0.2) is 17.2 Å². The van der Waals surface area contributed by atoms with Gasteiger partial charge < -0.3 is 9.84 Å². The van der Waals surface area contributed by atoms with Crippen molar-refractivity contribution in [2.75, 3.05) is 0 Å². The maximum absolute atomic E-state index is 11.3. The summed E-state index contributed by atoms with van der Waals surface area (Å²) in [7, 11) is 0. The van der Waals surface area contributed by atoms with Crippen LogP contribution in [0.3, 0.4) is 0 Å². The van der Waals surface area contributed by atoms with Crippen LogP contribution in [0.25, 0.3) is 0 Å². The molecule has 0 aliphatic rings. The number of benzene rings is 1. The van der Waals surface area contributed by atoms with E-state index in [1.54, 1.807) is 26.0 Å². The Balaban J connectivity index is 0.00000169. The van der Waals surface area contributed by atoms with Gasteiger partial charge in [0.05, 0.1) is 6.10 Å². The molecule has 14 heavy (non-hydrogen) atoms. The fourth-order valence-corrected chi connectivity index (χ4v) is 0.924. The van der Waals surface area contributed by atoms with Crippen LogP contribution in [0.1, 0.15) is 24.2 Å². The van der Waals surface area contributed by atoms with Gasteiger partial charge in [-0.15, -0.1) is 0 Å². The number of carbonyl (C=O) groups excluding carboxylic acids is 1. The van der Waals surface area contributed by atoms with Gasteiger partial charge >= 0.3 is 5.97 Å². The van der Waals surface area contributed by atoms with Crippen LogP contribution in [0.4, 0.5) is 0 Å². The Morgan fingerprint density at radius 2 is 1.93 bits per heavy atom. The highest BCUT2D eigenvalue weighted by Crippen LogP contribution is 2.16. The molecule has 1 N–H and O–H groups in total. The van der Waals surface area contributed by atoms with Crippen molar-refractivity contribution < 1.29 is 14.6 Å². The van der Waals surface area contributed by atoms with Gasteiger partial charge in [-0.2, -0.15) is 9.90 Å². The zero-order valence-corrected chi connectivity index (χ0v) is 9.77. The van der Waals surface area contributed by atoms with E-state index in [9.17, 15) is 9.90 Å². The summed E-state index contributed by atoms with van der Waals surface area (Å²) < 4.78 is 4.92. The van der Waals surface area contributed by atoms with Gasteiger partial charge in [0.1, 0.15) is 11.3 Å². The predicted molar refractivity (Wildman–Crippen MR) is 59.8 cm³/mol. The molecule has 0 bridgehead atoms. The molecule has 1 rings (SSSR count). The van der Waals surface area contributed by atoms with E-state index >= 15 is 0 Å². The molecule has 0 amide bonds. The number of esters is 1. The van der Waals surface area contributed by atoms with Crippen molar-refractivity contribution in [1.29, 1.82) is 0 Å². The fourth-order valence-electron chi connectivity index (χ4n) is 0.924. The topological polar surface area (TPSA) is 46.5 Å². The predicted octanol–water partition coefficient (Wildman–Crippen LogP) is 2.02. The average Bonchev–Trinajstić information content (AvgIpc) is 2.03. The van der Waals surface area contributed by atoms with E-state index in [0.717, 1.165) is 0 Å². The molecule has 3 nitrogen and oxygen atoms in total. The first-order valence-corrected chi connectivity index (χ1v) is 4.10. The molecular formula is C10H15O3P. The second-order valence-corrected chi connectivity index (χ2v) is 2.97. The second-order valence-electron chi connectivity index (χ2n) is 2.97. The highest BCUT2D eigenvalue weighted by Gasteiger charge is 2.12. The summed E-state index contributed by atoms with van der Waals surface area (Å²) in [5.74, 6) is -0.541. The number of ether oxygens (including phenoxy) is 1. The van der Waals surface area contributed by atoms with Crippen molar-refractivity contribution in [3.05, 3.63) is 29.8 Å². The van der Waals surface area contributed by atoms with Crippen LogP contribution in [0.15, 0.2) is 24.3 Å². The summed E-state index contributed by atoms with van der Waals surface area (Å²) in [6, 6.07) is 6.31. The molecule has 1 aromatic carbocycles. The van der Waals surface area contributed by atoms with Crippen LogP contribution in [0.2, 0.25) is 0 Å². The van der Waals surface area contributed by atoms with Crippen molar-refractivity contribution in [1.82, 2.24) is 0 Å². The molecule has 0 fully saturated rings. The first kappa shape index (κ1) is 12.9.